The van der Waals surface area contributed by atoms with Gasteiger partial charge in [0.2, 0.25) is 5.95 Å². The van der Waals surface area contributed by atoms with Crippen LogP contribution in [0.25, 0.3) is 0 Å². The molecule has 2 rings (SSSR count). The van der Waals surface area contributed by atoms with Crippen molar-refractivity contribution in [3.05, 3.63) is 33.5 Å². The summed E-state index contributed by atoms with van der Waals surface area (Å²) in [5, 5.41) is 12.8. The highest BCUT2D eigenvalue weighted by Gasteiger charge is 2.06. The molecule has 18 heavy (non-hydrogen) atoms. The van der Waals surface area contributed by atoms with Crippen LogP contribution in [-0.4, -0.2) is 26.0 Å². The van der Waals surface area contributed by atoms with E-state index in [1.807, 2.05) is 13.8 Å². The van der Waals surface area contributed by atoms with Gasteiger partial charge in [0.05, 0.1) is 22.8 Å². The molecule has 2 N–H and O–H groups in total. The maximum absolute atomic E-state index is 10.6. The highest BCUT2D eigenvalue weighted by atomic mass is 32.1. The summed E-state index contributed by atoms with van der Waals surface area (Å²) in [5.41, 5.74) is 1.07. The summed E-state index contributed by atoms with van der Waals surface area (Å²) < 4.78 is 0. The Hall–Kier alpha value is -2.02. The number of carboxylic acids is 1. The first-order chi connectivity index (χ1) is 8.56. The third kappa shape index (κ3) is 2.80. The number of hydrogen-bond donors (Lipinski definition) is 2. The van der Waals surface area contributed by atoms with E-state index < -0.39 is 5.97 Å². The molecule has 0 atom stereocenters. The van der Waals surface area contributed by atoms with Gasteiger partial charge in [0.15, 0.2) is 0 Å². The van der Waals surface area contributed by atoms with Crippen LogP contribution in [0, 0.1) is 13.8 Å². The Bertz CT molecular complexity index is 565. The second-order valence-electron chi connectivity index (χ2n) is 3.70. The molecule has 0 aliphatic carbocycles. The van der Waals surface area contributed by atoms with Gasteiger partial charge in [0, 0.05) is 17.3 Å². The third-order valence-electron chi connectivity index (χ3n) is 2.31. The Morgan fingerprint density at radius 3 is 2.56 bits per heavy atom. The van der Waals surface area contributed by atoms with Crippen LogP contribution in [-0.2, 0) is 6.54 Å². The maximum atomic E-state index is 10.6. The molecule has 6 nitrogen and oxygen atoms in total. The molecular formula is C11H12N4O2S. The van der Waals surface area contributed by atoms with Crippen LogP contribution in [0.3, 0.4) is 0 Å². The van der Waals surface area contributed by atoms with E-state index in [9.17, 15) is 4.79 Å². The average Bonchev–Trinajstić information content (AvgIpc) is 2.66. The van der Waals surface area contributed by atoms with Crippen LogP contribution in [0.1, 0.15) is 25.9 Å². The Balaban J connectivity index is 2.02. The largest absolute Gasteiger partial charge is 0.478 e. The minimum atomic E-state index is -1.03. The van der Waals surface area contributed by atoms with E-state index in [0.29, 0.717) is 12.5 Å². The molecule has 0 saturated carbocycles. The molecule has 0 aliphatic rings. The molecule has 2 heterocycles. The van der Waals surface area contributed by atoms with E-state index in [1.54, 1.807) is 11.3 Å². The first kappa shape index (κ1) is 12.4. The first-order valence-corrected chi connectivity index (χ1v) is 6.10. The fourth-order valence-corrected chi connectivity index (χ4v) is 2.30. The number of thiazole rings is 1. The van der Waals surface area contributed by atoms with Gasteiger partial charge in [-0.15, -0.1) is 11.3 Å². The lowest BCUT2D eigenvalue weighted by Crippen LogP contribution is -2.05. The predicted molar refractivity (Wildman–Crippen MR) is 67.9 cm³/mol. The Morgan fingerprint density at radius 2 is 2.06 bits per heavy atom. The molecule has 0 aliphatic heterocycles. The van der Waals surface area contributed by atoms with Crippen LogP contribution >= 0.6 is 11.3 Å². The van der Waals surface area contributed by atoms with Crippen LogP contribution in [0.4, 0.5) is 5.95 Å². The van der Waals surface area contributed by atoms with Crippen molar-refractivity contribution in [2.24, 2.45) is 0 Å². The number of aryl methyl sites for hydroxylation is 2. The second-order valence-corrected chi connectivity index (χ2v) is 4.98. The quantitative estimate of drug-likeness (QED) is 0.876. The summed E-state index contributed by atoms with van der Waals surface area (Å²) in [6.45, 7) is 4.50. The summed E-state index contributed by atoms with van der Waals surface area (Å²) >= 11 is 1.62. The van der Waals surface area contributed by atoms with Crippen molar-refractivity contribution in [1.29, 1.82) is 0 Å². The summed E-state index contributed by atoms with van der Waals surface area (Å²) in [7, 11) is 0. The minimum Gasteiger partial charge on any atom is -0.478 e. The van der Waals surface area contributed by atoms with E-state index in [4.69, 9.17) is 5.11 Å². The molecule has 7 heteroatoms. The number of aromatic carboxylic acids is 1. The van der Waals surface area contributed by atoms with Gasteiger partial charge in [-0.3, -0.25) is 0 Å². The monoisotopic (exact) mass is 264 g/mol. The van der Waals surface area contributed by atoms with Gasteiger partial charge in [-0.1, -0.05) is 0 Å². The van der Waals surface area contributed by atoms with Gasteiger partial charge in [-0.2, -0.15) is 0 Å². The Morgan fingerprint density at radius 1 is 1.39 bits per heavy atom. The molecule has 94 valence electrons. The fraction of sp³-hybridized carbons (Fsp3) is 0.273. The fourth-order valence-electron chi connectivity index (χ4n) is 1.43. The summed E-state index contributed by atoms with van der Waals surface area (Å²) in [6, 6.07) is 0. The van der Waals surface area contributed by atoms with E-state index in [2.05, 4.69) is 20.3 Å². The lowest BCUT2D eigenvalue weighted by Gasteiger charge is -2.03. The van der Waals surface area contributed by atoms with E-state index >= 15 is 0 Å². The molecule has 0 fully saturated rings. The lowest BCUT2D eigenvalue weighted by molar-refractivity contribution is 0.0696. The molecule has 0 bridgehead atoms. The van der Waals surface area contributed by atoms with Gasteiger partial charge in [0.25, 0.3) is 0 Å². The van der Waals surface area contributed by atoms with Crippen LogP contribution in [0.15, 0.2) is 12.4 Å². The second kappa shape index (κ2) is 5.09. The Labute approximate surface area is 108 Å². The smallest absolute Gasteiger partial charge is 0.338 e. The van der Waals surface area contributed by atoms with Gasteiger partial charge in [0.1, 0.15) is 0 Å². The van der Waals surface area contributed by atoms with Crippen molar-refractivity contribution >= 4 is 23.3 Å². The van der Waals surface area contributed by atoms with Gasteiger partial charge in [-0.05, 0) is 13.8 Å². The number of anilines is 1. The van der Waals surface area contributed by atoms with Gasteiger partial charge in [-0.25, -0.2) is 19.7 Å². The molecule has 2 aromatic heterocycles. The van der Waals surface area contributed by atoms with E-state index in [0.717, 1.165) is 15.6 Å². The van der Waals surface area contributed by atoms with Crippen LogP contribution in [0.2, 0.25) is 0 Å². The zero-order valence-electron chi connectivity index (χ0n) is 9.97. The zero-order chi connectivity index (χ0) is 13.1. The molecule has 0 aromatic carbocycles. The number of hydrogen-bond acceptors (Lipinski definition) is 6. The minimum absolute atomic E-state index is 0.0744. The van der Waals surface area contributed by atoms with Crippen molar-refractivity contribution < 1.29 is 9.90 Å². The highest BCUT2D eigenvalue weighted by molar-refractivity contribution is 7.11. The van der Waals surface area contributed by atoms with Crippen LogP contribution in [0.5, 0.6) is 0 Å². The number of nitrogens with one attached hydrogen (secondary N) is 1. The van der Waals surface area contributed by atoms with Gasteiger partial charge < -0.3 is 10.4 Å². The molecule has 0 radical (unpaired) electrons. The molecule has 0 unspecified atom stereocenters. The number of rotatable bonds is 4. The molecule has 0 saturated heterocycles. The lowest BCUT2D eigenvalue weighted by atomic mass is 10.3. The number of carboxylic acid groups (broad SMARTS) is 1. The van der Waals surface area contributed by atoms with Crippen molar-refractivity contribution in [2.45, 2.75) is 20.4 Å². The third-order valence-corrected chi connectivity index (χ3v) is 3.38. The number of aromatic nitrogens is 3. The van der Waals surface area contributed by atoms with Crippen LogP contribution < -0.4 is 5.32 Å². The summed E-state index contributed by atoms with van der Waals surface area (Å²) in [6.07, 6.45) is 2.56. The maximum Gasteiger partial charge on any atom is 0.338 e. The first-order valence-electron chi connectivity index (χ1n) is 5.28. The van der Waals surface area contributed by atoms with Crippen molar-refractivity contribution in [3.63, 3.8) is 0 Å². The Kier molecular flexibility index (Phi) is 3.52. The predicted octanol–water partition coefficient (Wildman–Crippen LogP) is 1.86. The van der Waals surface area contributed by atoms with E-state index in [-0.39, 0.29) is 5.56 Å². The molecule has 0 spiro atoms. The molecule has 2 aromatic rings. The molecular weight excluding hydrogens is 252 g/mol. The van der Waals surface area contributed by atoms with Crippen molar-refractivity contribution in [2.75, 3.05) is 5.32 Å². The number of carbonyl (C=O) groups is 1. The van der Waals surface area contributed by atoms with E-state index in [1.165, 1.54) is 12.4 Å². The summed E-state index contributed by atoms with van der Waals surface area (Å²) in [4.78, 5) is 23.9. The molecule has 0 amide bonds. The topological polar surface area (TPSA) is 88.0 Å². The summed E-state index contributed by atoms with van der Waals surface area (Å²) in [5.74, 6) is -0.624. The average molecular weight is 264 g/mol. The standard InChI is InChI=1S/C11H12N4O2S/c1-6-9(18-7(2)15-6)5-14-11-12-3-8(4-13-11)10(16)17/h3-4H,5H2,1-2H3,(H,16,17)(H,12,13,14). The zero-order valence-corrected chi connectivity index (χ0v) is 10.8. The normalized spacial score (nSPS) is 10.3. The number of nitrogens with zero attached hydrogens (tertiary/aromatic N) is 3. The van der Waals surface area contributed by atoms with Crippen molar-refractivity contribution in [1.82, 2.24) is 15.0 Å². The SMILES string of the molecule is Cc1nc(C)c(CNc2ncc(C(=O)O)cn2)s1. The van der Waals surface area contributed by atoms with Gasteiger partial charge >= 0.3 is 5.97 Å². The highest BCUT2D eigenvalue weighted by Crippen LogP contribution is 2.17. The van der Waals surface area contributed by atoms with Crippen molar-refractivity contribution in [3.8, 4) is 0 Å².